The first-order valence-electron chi connectivity index (χ1n) is 4.88. The van der Waals surface area contributed by atoms with Crippen molar-refractivity contribution in [2.75, 3.05) is 5.32 Å². The van der Waals surface area contributed by atoms with E-state index in [9.17, 15) is 4.79 Å². The number of anilines is 1. The van der Waals surface area contributed by atoms with Crippen LogP contribution in [0.3, 0.4) is 0 Å². The van der Waals surface area contributed by atoms with E-state index in [1.165, 1.54) is 11.3 Å². The van der Waals surface area contributed by atoms with Crippen molar-refractivity contribution in [2.24, 2.45) is 0 Å². The summed E-state index contributed by atoms with van der Waals surface area (Å²) in [7, 11) is 0. The number of halogens is 2. The molecule has 1 N–H and O–H groups in total. The Morgan fingerprint density at radius 3 is 2.59 bits per heavy atom. The van der Waals surface area contributed by atoms with Gasteiger partial charge < -0.3 is 5.32 Å². The van der Waals surface area contributed by atoms with E-state index in [1.807, 2.05) is 18.4 Å². The van der Waals surface area contributed by atoms with Gasteiger partial charge in [0.15, 0.2) is 0 Å². The average Bonchev–Trinajstić information content (AvgIpc) is 2.70. The van der Waals surface area contributed by atoms with Gasteiger partial charge in [0.2, 0.25) is 0 Å². The van der Waals surface area contributed by atoms with Crippen molar-refractivity contribution >= 4 is 46.1 Å². The fourth-order valence-corrected chi connectivity index (χ4v) is 2.49. The Morgan fingerprint density at radius 2 is 2.00 bits per heavy atom. The van der Waals surface area contributed by atoms with Crippen LogP contribution in [0.5, 0.6) is 0 Å². The minimum absolute atomic E-state index is 0.129. The minimum Gasteiger partial charge on any atom is -0.321 e. The minimum atomic E-state index is -0.129. The summed E-state index contributed by atoms with van der Waals surface area (Å²) in [6.45, 7) is 1.90. The largest absolute Gasteiger partial charge is 0.321 e. The summed E-state index contributed by atoms with van der Waals surface area (Å²) in [5.74, 6) is -0.129. The Kier molecular flexibility index (Phi) is 3.72. The van der Waals surface area contributed by atoms with Crippen molar-refractivity contribution in [2.45, 2.75) is 6.92 Å². The molecule has 1 heterocycles. The first-order valence-corrected chi connectivity index (χ1v) is 6.52. The average molecular weight is 286 g/mol. The normalized spacial score (nSPS) is 10.3. The summed E-state index contributed by atoms with van der Waals surface area (Å²) in [6, 6.07) is 6.91. The number of amides is 1. The molecular weight excluding hydrogens is 277 g/mol. The molecule has 17 heavy (non-hydrogen) atoms. The Balaban J connectivity index is 2.19. The van der Waals surface area contributed by atoms with E-state index in [0.29, 0.717) is 20.6 Å². The number of carbonyl (C=O) groups excluding carboxylic acids is 1. The van der Waals surface area contributed by atoms with Crippen molar-refractivity contribution in [3.63, 3.8) is 0 Å². The highest BCUT2D eigenvalue weighted by Gasteiger charge is 2.11. The van der Waals surface area contributed by atoms with Crippen LogP contribution in [0.4, 0.5) is 5.69 Å². The quantitative estimate of drug-likeness (QED) is 0.857. The molecule has 2 rings (SSSR count). The number of thiophene rings is 1. The van der Waals surface area contributed by atoms with Gasteiger partial charge in [-0.1, -0.05) is 23.2 Å². The number of nitrogens with one attached hydrogen (secondary N) is 1. The zero-order valence-electron chi connectivity index (χ0n) is 8.96. The highest BCUT2D eigenvalue weighted by Crippen LogP contribution is 2.26. The molecule has 0 aliphatic heterocycles. The highest BCUT2D eigenvalue weighted by molar-refractivity contribution is 7.12. The van der Waals surface area contributed by atoms with E-state index >= 15 is 0 Å². The molecule has 0 bridgehead atoms. The van der Waals surface area contributed by atoms with Crippen LogP contribution in [0.1, 0.15) is 15.2 Å². The Labute approximate surface area is 113 Å². The van der Waals surface area contributed by atoms with E-state index in [2.05, 4.69) is 5.32 Å². The van der Waals surface area contributed by atoms with Crippen molar-refractivity contribution < 1.29 is 4.79 Å². The molecule has 0 saturated carbocycles. The lowest BCUT2D eigenvalue weighted by molar-refractivity contribution is 0.103. The number of hydrogen-bond acceptors (Lipinski definition) is 2. The standard InChI is InChI=1S/C12H9Cl2NOS/c1-7-4-5-17-11(7)12(16)15-8-2-3-9(13)10(14)6-8/h2-6H,1H3,(H,15,16). The third-order valence-corrected chi connectivity index (χ3v) is 4.00. The third kappa shape index (κ3) is 2.80. The maximum atomic E-state index is 11.9. The fraction of sp³-hybridized carbons (Fsp3) is 0.0833. The van der Waals surface area contributed by atoms with Gasteiger partial charge in [0.1, 0.15) is 0 Å². The second kappa shape index (κ2) is 5.08. The van der Waals surface area contributed by atoms with Gasteiger partial charge in [-0.3, -0.25) is 4.79 Å². The number of hydrogen-bond donors (Lipinski definition) is 1. The maximum absolute atomic E-state index is 11.9. The van der Waals surface area contributed by atoms with Gasteiger partial charge in [-0.25, -0.2) is 0 Å². The lowest BCUT2D eigenvalue weighted by Gasteiger charge is -2.05. The smallest absolute Gasteiger partial charge is 0.265 e. The molecule has 1 amide bonds. The maximum Gasteiger partial charge on any atom is 0.265 e. The van der Waals surface area contributed by atoms with Crippen LogP contribution in [0.25, 0.3) is 0 Å². The van der Waals surface area contributed by atoms with Gasteiger partial charge in [0, 0.05) is 5.69 Å². The predicted molar refractivity (Wildman–Crippen MR) is 73.5 cm³/mol. The van der Waals surface area contributed by atoms with Crippen LogP contribution in [0.15, 0.2) is 29.6 Å². The van der Waals surface area contributed by atoms with Crippen LogP contribution in [-0.2, 0) is 0 Å². The number of rotatable bonds is 2. The molecular formula is C12H9Cl2NOS. The molecule has 0 unspecified atom stereocenters. The lowest BCUT2D eigenvalue weighted by atomic mass is 10.2. The second-order valence-corrected chi connectivity index (χ2v) is 5.25. The molecule has 0 fully saturated rings. The van der Waals surface area contributed by atoms with Crippen molar-refractivity contribution in [1.82, 2.24) is 0 Å². The van der Waals surface area contributed by atoms with Gasteiger partial charge in [-0.2, -0.15) is 0 Å². The van der Waals surface area contributed by atoms with E-state index in [-0.39, 0.29) is 5.91 Å². The van der Waals surface area contributed by atoms with Crippen LogP contribution in [0.2, 0.25) is 10.0 Å². The highest BCUT2D eigenvalue weighted by atomic mass is 35.5. The molecule has 0 saturated heterocycles. The molecule has 1 aromatic carbocycles. The van der Waals surface area contributed by atoms with E-state index < -0.39 is 0 Å². The molecule has 0 radical (unpaired) electrons. The van der Waals surface area contributed by atoms with Crippen molar-refractivity contribution in [3.8, 4) is 0 Å². The number of carbonyl (C=O) groups is 1. The van der Waals surface area contributed by atoms with Gasteiger partial charge >= 0.3 is 0 Å². The number of aryl methyl sites for hydroxylation is 1. The zero-order chi connectivity index (χ0) is 12.4. The monoisotopic (exact) mass is 285 g/mol. The van der Waals surface area contributed by atoms with Crippen molar-refractivity contribution in [1.29, 1.82) is 0 Å². The molecule has 0 atom stereocenters. The Hall–Kier alpha value is -1.03. The summed E-state index contributed by atoms with van der Waals surface area (Å²) in [5.41, 5.74) is 1.60. The first kappa shape index (κ1) is 12.4. The molecule has 1 aromatic heterocycles. The summed E-state index contributed by atoms with van der Waals surface area (Å²) in [6.07, 6.45) is 0. The fourth-order valence-electron chi connectivity index (χ4n) is 1.37. The zero-order valence-corrected chi connectivity index (χ0v) is 11.3. The molecule has 0 aliphatic carbocycles. The molecule has 2 nitrogen and oxygen atoms in total. The third-order valence-electron chi connectivity index (χ3n) is 2.25. The van der Waals surface area contributed by atoms with Crippen molar-refractivity contribution in [3.05, 3.63) is 50.1 Å². The SMILES string of the molecule is Cc1ccsc1C(=O)Nc1ccc(Cl)c(Cl)c1. The predicted octanol–water partition coefficient (Wildman–Crippen LogP) is 4.62. The van der Waals surface area contributed by atoms with E-state index in [4.69, 9.17) is 23.2 Å². The Bertz CT molecular complexity index is 565. The first-order chi connectivity index (χ1) is 8.08. The van der Waals surface area contributed by atoms with Crippen LogP contribution >= 0.6 is 34.5 Å². The molecule has 0 aliphatic rings. The summed E-state index contributed by atoms with van der Waals surface area (Å²) >= 11 is 13.1. The van der Waals surface area contributed by atoms with Crippen LogP contribution in [-0.4, -0.2) is 5.91 Å². The molecule has 88 valence electrons. The molecule has 2 aromatic rings. The Morgan fingerprint density at radius 1 is 1.24 bits per heavy atom. The lowest BCUT2D eigenvalue weighted by Crippen LogP contribution is -2.11. The van der Waals surface area contributed by atoms with Crippen LogP contribution < -0.4 is 5.32 Å². The number of benzene rings is 1. The van der Waals surface area contributed by atoms with Gasteiger partial charge in [-0.05, 0) is 42.1 Å². The van der Waals surface area contributed by atoms with Gasteiger partial charge in [0.05, 0.1) is 14.9 Å². The summed E-state index contributed by atoms with van der Waals surface area (Å²) in [4.78, 5) is 12.6. The van der Waals surface area contributed by atoms with E-state index in [1.54, 1.807) is 18.2 Å². The summed E-state index contributed by atoms with van der Waals surface area (Å²) < 4.78 is 0. The molecule has 0 spiro atoms. The van der Waals surface area contributed by atoms with E-state index in [0.717, 1.165) is 5.56 Å². The molecule has 5 heteroatoms. The van der Waals surface area contributed by atoms with Gasteiger partial charge in [0.25, 0.3) is 5.91 Å². The topological polar surface area (TPSA) is 29.1 Å². The van der Waals surface area contributed by atoms with Gasteiger partial charge in [-0.15, -0.1) is 11.3 Å². The second-order valence-electron chi connectivity index (χ2n) is 3.52. The summed E-state index contributed by atoms with van der Waals surface area (Å²) in [5, 5.41) is 5.56. The van der Waals surface area contributed by atoms with Crippen LogP contribution in [0, 0.1) is 6.92 Å².